The highest BCUT2D eigenvalue weighted by Gasteiger charge is 2.17. The van der Waals surface area contributed by atoms with Crippen LogP contribution >= 0.6 is 0 Å². The maximum absolute atomic E-state index is 6.09. The van der Waals surface area contributed by atoms with Crippen molar-refractivity contribution in [1.82, 2.24) is 14.8 Å². The van der Waals surface area contributed by atoms with Gasteiger partial charge in [0.05, 0.1) is 11.4 Å². The zero-order chi connectivity index (χ0) is 12.0. The van der Waals surface area contributed by atoms with E-state index in [4.69, 9.17) is 5.73 Å². The van der Waals surface area contributed by atoms with E-state index < -0.39 is 0 Å². The molecule has 16 heavy (non-hydrogen) atoms. The highest BCUT2D eigenvalue weighted by atomic mass is 15.3. The highest BCUT2D eigenvalue weighted by Crippen LogP contribution is 2.29. The molecule has 0 unspecified atom stereocenters. The van der Waals surface area contributed by atoms with Crippen LogP contribution in [0.25, 0.3) is 11.0 Å². The van der Waals surface area contributed by atoms with Crippen LogP contribution in [0, 0.1) is 13.8 Å². The summed E-state index contributed by atoms with van der Waals surface area (Å²) in [6.45, 7) is 8.26. The maximum Gasteiger partial charge on any atom is 0.134 e. The molecule has 4 heteroatoms. The minimum atomic E-state index is 0.393. The van der Waals surface area contributed by atoms with Crippen molar-refractivity contribution in [3.05, 3.63) is 17.0 Å². The number of aromatic nitrogens is 3. The summed E-state index contributed by atoms with van der Waals surface area (Å²) in [6, 6.07) is 0. The number of nitrogens with two attached hydrogens (primary N) is 1. The third-order valence-electron chi connectivity index (χ3n) is 3.09. The lowest BCUT2D eigenvalue weighted by Crippen LogP contribution is -2.00. The van der Waals surface area contributed by atoms with E-state index in [0.717, 1.165) is 33.7 Å². The molecule has 4 nitrogen and oxygen atoms in total. The van der Waals surface area contributed by atoms with E-state index >= 15 is 0 Å². The average molecular weight is 218 g/mol. The molecule has 2 rings (SSSR count). The third kappa shape index (κ3) is 1.37. The molecular formula is C12H18N4. The highest BCUT2D eigenvalue weighted by molar-refractivity contribution is 5.90. The van der Waals surface area contributed by atoms with Crippen molar-refractivity contribution in [1.29, 1.82) is 0 Å². The van der Waals surface area contributed by atoms with Crippen LogP contribution in [-0.2, 0) is 7.05 Å². The number of anilines is 1. The van der Waals surface area contributed by atoms with Crippen molar-refractivity contribution in [2.75, 3.05) is 5.73 Å². The topological polar surface area (TPSA) is 56.7 Å². The second kappa shape index (κ2) is 3.47. The van der Waals surface area contributed by atoms with E-state index in [0.29, 0.717) is 5.92 Å². The van der Waals surface area contributed by atoms with Gasteiger partial charge in [0.15, 0.2) is 0 Å². The molecule has 0 aliphatic rings. The number of hydrogen-bond acceptors (Lipinski definition) is 3. The fourth-order valence-electron chi connectivity index (χ4n) is 2.09. The summed E-state index contributed by atoms with van der Waals surface area (Å²) in [5, 5.41) is 4.46. The van der Waals surface area contributed by atoms with Gasteiger partial charge in [0, 0.05) is 12.7 Å². The minimum absolute atomic E-state index is 0.393. The number of nitrogens with zero attached hydrogens (tertiary/aromatic N) is 3. The number of fused-ring (bicyclic) bond motifs is 1. The molecule has 0 saturated carbocycles. The summed E-state index contributed by atoms with van der Waals surface area (Å²) in [5.41, 5.74) is 11.8. The van der Waals surface area contributed by atoms with Gasteiger partial charge in [-0.15, -0.1) is 0 Å². The average Bonchev–Trinajstić information content (AvgIpc) is 2.51. The standard InChI is InChI=1S/C12H18N4/c1-6(2)12-11-10(15-16(12)5)9(13)7(3)8(4)14-11/h6H,13H2,1-5H3. The largest absolute Gasteiger partial charge is 0.397 e. The van der Waals surface area contributed by atoms with E-state index in [1.165, 1.54) is 0 Å². The predicted octanol–water partition coefficient (Wildman–Crippen LogP) is 2.29. The normalized spacial score (nSPS) is 11.6. The van der Waals surface area contributed by atoms with Crippen LogP contribution in [0.2, 0.25) is 0 Å². The molecule has 2 heterocycles. The smallest absolute Gasteiger partial charge is 0.134 e. The molecule has 2 aromatic rings. The molecule has 0 saturated heterocycles. The minimum Gasteiger partial charge on any atom is -0.397 e. The van der Waals surface area contributed by atoms with Crippen molar-refractivity contribution >= 4 is 16.7 Å². The Morgan fingerprint density at radius 3 is 2.38 bits per heavy atom. The number of nitrogen functional groups attached to an aromatic ring is 1. The predicted molar refractivity (Wildman–Crippen MR) is 66.5 cm³/mol. The summed E-state index contributed by atoms with van der Waals surface area (Å²) in [5.74, 6) is 0.393. The Hall–Kier alpha value is -1.58. The second-order valence-corrected chi connectivity index (χ2v) is 4.60. The molecule has 0 radical (unpaired) electrons. The zero-order valence-electron chi connectivity index (χ0n) is 10.5. The first kappa shape index (κ1) is 10.9. The summed E-state index contributed by atoms with van der Waals surface area (Å²) in [7, 11) is 1.95. The summed E-state index contributed by atoms with van der Waals surface area (Å²) in [6.07, 6.45) is 0. The van der Waals surface area contributed by atoms with Gasteiger partial charge in [0.1, 0.15) is 11.0 Å². The van der Waals surface area contributed by atoms with Gasteiger partial charge in [-0.1, -0.05) is 13.8 Å². The van der Waals surface area contributed by atoms with Gasteiger partial charge in [0.25, 0.3) is 0 Å². The fraction of sp³-hybridized carbons (Fsp3) is 0.500. The van der Waals surface area contributed by atoms with Gasteiger partial charge >= 0.3 is 0 Å². The Balaban J connectivity index is 2.91. The van der Waals surface area contributed by atoms with Crippen LogP contribution < -0.4 is 5.73 Å². The molecule has 0 aliphatic carbocycles. The lowest BCUT2D eigenvalue weighted by molar-refractivity contribution is 0.676. The lowest BCUT2D eigenvalue weighted by Gasteiger charge is -2.07. The first-order valence-corrected chi connectivity index (χ1v) is 5.52. The van der Waals surface area contributed by atoms with Crippen LogP contribution in [0.3, 0.4) is 0 Å². The van der Waals surface area contributed by atoms with Gasteiger partial charge in [0.2, 0.25) is 0 Å². The molecule has 86 valence electrons. The molecule has 2 aromatic heterocycles. The Labute approximate surface area is 95.5 Å². The van der Waals surface area contributed by atoms with E-state index in [-0.39, 0.29) is 0 Å². The number of pyridine rings is 1. The van der Waals surface area contributed by atoms with Crippen LogP contribution in [0.4, 0.5) is 5.69 Å². The van der Waals surface area contributed by atoms with Gasteiger partial charge < -0.3 is 5.73 Å². The van der Waals surface area contributed by atoms with Crippen LogP contribution in [0.1, 0.15) is 36.7 Å². The first-order chi connectivity index (χ1) is 7.43. The number of hydrogen-bond donors (Lipinski definition) is 1. The zero-order valence-corrected chi connectivity index (χ0v) is 10.5. The van der Waals surface area contributed by atoms with Gasteiger partial charge in [-0.2, -0.15) is 5.10 Å². The Kier molecular flexibility index (Phi) is 2.37. The van der Waals surface area contributed by atoms with Crippen molar-refractivity contribution < 1.29 is 0 Å². The van der Waals surface area contributed by atoms with Gasteiger partial charge in [-0.25, -0.2) is 4.98 Å². The Morgan fingerprint density at radius 1 is 1.19 bits per heavy atom. The van der Waals surface area contributed by atoms with Crippen LogP contribution in [-0.4, -0.2) is 14.8 Å². The summed E-state index contributed by atoms with van der Waals surface area (Å²) < 4.78 is 1.89. The molecule has 0 amide bonds. The van der Waals surface area contributed by atoms with Crippen molar-refractivity contribution in [3.8, 4) is 0 Å². The van der Waals surface area contributed by atoms with Crippen LogP contribution in [0.5, 0.6) is 0 Å². The summed E-state index contributed by atoms with van der Waals surface area (Å²) >= 11 is 0. The Bertz CT molecular complexity index is 552. The van der Waals surface area contributed by atoms with E-state index in [1.54, 1.807) is 0 Å². The maximum atomic E-state index is 6.09. The quantitative estimate of drug-likeness (QED) is 0.799. The van der Waals surface area contributed by atoms with E-state index in [2.05, 4.69) is 23.9 Å². The van der Waals surface area contributed by atoms with Crippen molar-refractivity contribution in [2.45, 2.75) is 33.6 Å². The van der Waals surface area contributed by atoms with Gasteiger partial charge in [-0.05, 0) is 25.3 Å². The van der Waals surface area contributed by atoms with Crippen molar-refractivity contribution in [3.63, 3.8) is 0 Å². The molecule has 0 bridgehead atoms. The molecule has 0 aliphatic heterocycles. The monoisotopic (exact) mass is 218 g/mol. The third-order valence-corrected chi connectivity index (χ3v) is 3.09. The van der Waals surface area contributed by atoms with E-state index in [9.17, 15) is 0 Å². The number of rotatable bonds is 1. The van der Waals surface area contributed by atoms with E-state index in [1.807, 2.05) is 25.6 Å². The molecule has 0 fully saturated rings. The second-order valence-electron chi connectivity index (χ2n) is 4.60. The number of aryl methyl sites for hydroxylation is 2. The molecular weight excluding hydrogens is 200 g/mol. The fourth-order valence-corrected chi connectivity index (χ4v) is 2.09. The lowest BCUT2D eigenvalue weighted by atomic mass is 10.1. The van der Waals surface area contributed by atoms with Crippen molar-refractivity contribution in [2.24, 2.45) is 7.05 Å². The van der Waals surface area contributed by atoms with Gasteiger partial charge in [-0.3, -0.25) is 4.68 Å². The molecule has 0 spiro atoms. The van der Waals surface area contributed by atoms with Crippen LogP contribution in [0.15, 0.2) is 0 Å². The Morgan fingerprint density at radius 2 is 1.81 bits per heavy atom. The molecule has 0 aromatic carbocycles. The SMILES string of the molecule is Cc1nc2c(C(C)C)n(C)nc2c(N)c1C. The summed E-state index contributed by atoms with van der Waals surface area (Å²) in [4.78, 5) is 4.61. The first-order valence-electron chi connectivity index (χ1n) is 5.52. The molecule has 2 N–H and O–H groups in total. The molecule has 0 atom stereocenters.